The predicted octanol–water partition coefficient (Wildman–Crippen LogP) is 0.661. The molecular weight excluding hydrogens is 244 g/mol. The summed E-state index contributed by atoms with van der Waals surface area (Å²) in [5.41, 5.74) is 1.52. The first kappa shape index (κ1) is 13.2. The molecule has 1 unspecified atom stereocenters. The largest absolute Gasteiger partial charge is 0.326 e. The minimum atomic E-state index is -0.0983. The summed E-state index contributed by atoms with van der Waals surface area (Å²) in [6.45, 7) is 2.51. The van der Waals surface area contributed by atoms with Gasteiger partial charge in [0.25, 0.3) is 0 Å². The summed E-state index contributed by atoms with van der Waals surface area (Å²) in [5.74, 6) is 0.373. The van der Waals surface area contributed by atoms with Gasteiger partial charge in [0.15, 0.2) is 0 Å². The van der Waals surface area contributed by atoms with E-state index in [9.17, 15) is 4.79 Å². The van der Waals surface area contributed by atoms with E-state index in [-0.39, 0.29) is 11.8 Å². The first-order valence-corrected chi connectivity index (χ1v) is 6.00. The van der Waals surface area contributed by atoms with Crippen LogP contribution in [0, 0.1) is 5.92 Å². The van der Waals surface area contributed by atoms with Crippen molar-refractivity contribution in [1.82, 2.24) is 25.9 Å². The lowest BCUT2D eigenvalue weighted by atomic mass is 10.1. The molecule has 0 saturated heterocycles. The van der Waals surface area contributed by atoms with Crippen LogP contribution in [0.3, 0.4) is 0 Å². The lowest BCUT2D eigenvalue weighted by Gasteiger charge is -2.11. The van der Waals surface area contributed by atoms with Gasteiger partial charge in [0.1, 0.15) is 0 Å². The molecule has 7 heteroatoms. The molecule has 7 nitrogen and oxygen atoms in total. The van der Waals surface area contributed by atoms with E-state index in [4.69, 9.17) is 0 Å². The summed E-state index contributed by atoms with van der Waals surface area (Å²) in [6, 6.07) is 7.34. The first-order chi connectivity index (χ1) is 9.20. The van der Waals surface area contributed by atoms with Gasteiger partial charge in [-0.2, -0.15) is 5.21 Å². The monoisotopic (exact) mass is 260 g/mol. The maximum Gasteiger partial charge on any atom is 0.228 e. The first-order valence-electron chi connectivity index (χ1n) is 6.00. The van der Waals surface area contributed by atoms with Gasteiger partial charge in [0, 0.05) is 23.7 Å². The van der Waals surface area contributed by atoms with Crippen LogP contribution in [0.2, 0.25) is 0 Å². The van der Waals surface area contributed by atoms with Gasteiger partial charge in [-0.05, 0) is 24.4 Å². The van der Waals surface area contributed by atoms with Gasteiger partial charge in [-0.1, -0.05) is 19.1 Å². The number of benzene rings is 1. The molecule has 1 aromatic heterocycles. The van der Waals surface area contributed by atoms with Crippen LogP contribution in [0.25, 0.3) is 11.4 Å². The van der Waals surface area contributed by atoms with Crippen LogP contribution in [0.5, 0.6) is 0 Å². The van der Waals surface area contributed by atoms with Crippen molar-refractivity contribution in [1.29, 1.82) is 0 Å². The molecule has 0 fully saturated rings. The fraction of sp³-hybridized carbons (Fsp3) is 0.333. The van der Waals surface area contributed by atoms with E-state index in [1.54, 1.807) is 0 Å². The molecule has 0 aliphatic rings. The molecule has 1 aromatic carbocycles. The third-order valence-corrected chi connectivity index (χ3v) is 2.69. The molecular formula is C12H16N6O. The Kier molecular flexibility index (Phi) is 4.19. The lowest BCUT2D eigenvalue weighted by molar-refractivity contribution is -0.119. The number of H-pyrrole nitrogens is 1. The zero-order chi connectivity index (χ0) is 13.7. The van der Waals surface area contributed by atoms with Crippen molar-refractivity contribution in [3.05, 3.63) is 24.3 Å². The van der Waals surface area contributed by atoms with Crippen LogP contribution < -0.4 is 10.6 Å². The minimum Gasteiger partial charge on any atom is -0.326 e. The normalized spacial score (nSPS) is 12.1. The highest BCUT2D eigenvalue weighted by Crippen LogP contribution is 2.18. The molecule has 0 spiro atoms. The highest BCUT2D eigenvalue weighted by atomic mass is 16.1. The highest BCUT2D eigenvalue weighted by Gasteiger charge is 2.12. The molecule has 2 rings (SSSR count). The standard InChI is InChI=1S/C12H16N6O/c1-8(7-13-2)12(19)14-10-5-3-4-9(6-10)11-15-17-18-16-11/h3-6,8,13H,7H2,1-2H3,(H,14,19)(H,15,16,17,18). The van der Waals surface area contributed by atoms with Crippen LogP contribution in [-0.4, -0.2) is 40.1 Å². The van der Waals surface area contributed by atoms with E-state index in [1.165, 1.54) is 0 Å². The average Bonchev–Trinajstić information content (AvgIpc) is 2.93. The van der Waals surface area contributed by atoms with Crippen LogP contribution in [0.1, 0.15) is 6.92 Å². The van der Waals surface area contributed by atoms with E-state index in [1.807, 2.05) is 38.2 Å². The number of hydrogen-bond donors (Lipinski definition) is 3. The van der Waals surface area contributed by atoms with Gasteiger partial charge in [0.2, 0.25) is 11.7 Å². The Morgan fingerprint density at radius 3 is 3.00 bits per heavy atom. The van der Waals surface area contributed by atoms with Crippen LogP contribution in [-0.2, 0) is 4.79 Å². The SMILES string of the molecule is CNCC(C)C(=O)Nc1cccc(-c2nn[nH]n2)c1. The van der Waals surface area contributed by atoms with Crippen molar-refractivity contribution in [2.24, 2.45) is 5.92 Å². The Morgan fingerprint density at radius 1 is 1.47 bits per heavy atom. The van der Waals surface area contributed by atoms with Crippen LogP contribution >= 0.6 is 0 Å². The van der Waals surface area contributed by atoms with Gasteiger partial charge in [-0.15, -0.1) is 10.2 Å². The number of nitrogens with zero attached hydrogens (tertiary/aromatic N) is 3. The Labute approximate surface area is 110 Å². The second kappa shape index (κ2) is 6.05. The number of hydrogen-bond acceptors (Lipinski definition) is 5. The quantitative estimate of drug-likeness (QED) is 0.734. The predicted molar refractivity (Wildman–Crippen MR) is 71.3 cm³/mol. The Morgan fingerprint density at radius 2 is 2.32 bits per heavy atom. The smallest absolute Gasteiger partial charge is 0.228 e. The molecule has 0 aliphatic carbocycles. The van der Waals surface area contributed by atoms with Crippen molar-refractivity contribution in [3.8, 4) is 11.4 Å². The van der Waals surface area contributed by atoms with E-state index in [2.05, 4.69) is 31.3 Å². The number of tetrazole rings is 1. The maximum absolute atomic E-state index is 11.9. The number of carbonyl (C=O) groups excluding carboxylic acids is 1. The lowest BCUT2D eigenvalue weighted by Crippen LogP contribution is -2.28. The third kappa shape index (κ3) is 3.35. The summed E-state index contributed by atoms with van der Waals surface area (Å²) in [6.07, 6.45) is 0. The zero-order valence-corrected chi connectivity index (χ0v) is 10.8. The third-order valence-electron chi connectivity index (χ3n) is 2.69. The summed E-state index contributed by atoms with van der Waals surface area (Å²) in [4.78, 5) is 11.9. The van der Waals surface area contributed by atoms with E-state index in [0.29, 0.717) is 12.4 Å². The molecule has 1 atom stereocenters. The topological polar surface area (TPSA) is 95.6 Å². The van der Waals surface area contributed by atoms with Gasteiger partial charge < -0.3 is 10.6 Å². The number of anilines is 1. The van der Waals surface area contributed by atoms with Gasteiger partial charge in [-0.3, -0.25) is 4.79 Å². The number of aromatic nitrogens is 4. The fourth-order valence-corrected chi connectivity index (χ4v) is 1.68. The van der Waals surface area contributed by atoms with Crippen molar-refractivity contribution in [2.75, 3.05) is 18.9 Å². The van der Waals surface area contributed by atoms with E-state index < -0.39 is 0 Å². The second-order valence-electron chi connectivity index (χ2n) is 4.26. The summed E-state index contributed by atoms with van der Waals surface area (Å²) < 4.78 is 0. The average molecular weight is 260 g/mol. The number of rotatable bonds is 5. The minimum absolute atomic E-state index is 0.0281. The maximum atomic E-state index is 11.9. The summed E-state index contributed by atoms with van der Waals surface area (Å²) >= 11 is 0. The molecule has 100 valence electrons. The van der Waals surface area contributed by atoms with Crippen molar-refractivity contribution in [3.63, 3.8) is 0 Å². The van der Waals surface area contributed by atoms with Gasteiger partial charge in [-0.25, -0.2) is 0 Å². The molecule has 1 heterocycles. The van der Waals surface area contributed by atoms with Crippen molar-refractivity contribution < 1.29 is 4.79 Å². The Hall–Kier alpha value is -2.28. The van der Waals surface area contributed by atoms with Gasteiger partial charge >= 0.3 is 0 Å². The van der Waals surface area contributed by atoms with Gasteiger partial charge in [0.05, 0.1) is 0 Å². The van der Waals surface area contributed by atoms with Crippen molar-refractivity contribution >= 4 is 11.6 Å². The molecule has 0 saturated carbocycles. The second-order valence-corrected chi connectivity index (χ2v) is 4.26. The van der Waals surface area contributed by atoms with E-state index >= 15 is 0 Å². The number of carbonyl (C=O) groups is 1. The molecule has 19 heavy (non-hydrogen) atoms. The Balaban J connectivity index is 2.09. The summed E-state index contributed by atoms with van der Waals surface area (Å²) in [5, 5.41) is 19.5. The van der Waals surface area contributed by atoms with Crippen molar-refractivity contribution in [2.45, 2.75) is 6.92 Å². The van der Waals surface area contributed by atoms with E-state index in [0.717, 1.165) is 11.3 Å². The highest BCUT2D eigenvalue weighted by molar-refractivity contribution is 5.93. The molecule has 2 aromatic rings. The number of amides is 1. The van der Waals surface area contributed by atoms with Crippen LogP contribution in [0.4, 0.5) is 5.69 Å². The number of aromatic amines is 1. The molecule has 0 aliphatic heterocycles. The summed E-state index contributed by atoms with van der Waals surface area (Å²) in [7, 11) is 1.82. The molecule has 0 radical (unpaired) electrons. The Bertz CT molecular complexity index is 539. The zero-order valence-electron chi connectivity index (χ0n) is 10.8. The van der Waals surface area contributed by atoms with Crippen LogP contribution in [0.15, 0.2) is 24.3 Å². The molecule has 0 bridgehead atoms. The fourth-order valence-electron chi connectivity index (χ4n) is 1.68. The molecule has 3 N–H and O–H groups in total. The molecule has 1 amide bonds. The number of nitrogens with one attached hydrogen (secondary N) is 3.